The highest BCUT2D eigenvalue weighted by molar-refractivity contribution is 6.34. The van der Waals surface area contributed by atoms with Crippen LogP contribution in [0.4, 0.5) is 4.39 Å². The van der Waals surface area contributed by atoms with Crippen LogP contribution in [0.15, 0.2) is 47.8 Å². The first-order valence-corrected chi connectivity index (χ1v) is 7.54. The zero-order valence-electron chi connectivity index (χ0n) is 13.0. The highest BCUT2D eigenvalue weighted by Gasteiger charge is 2.07. The highest BCUT2D eigenvalue weighted by Crippen LogP contribution is 2.23. The molecule has 0 unspecified atom stereocenters. The lowest BCUT2D eigenvalue weighted by atomic mass is 10.2. The summed E-state index contributed by atoms with van der Waals surface area (Å²) in [5.41, 5.74) is 2.14. The van der Waals surface area contributed by atoms with E-state index in [4.69, 9.17) is 11.6 Å². The summed E-state index contributed by atoms with van der Waals surface area (Å²) in [6.07, 6.45) is 4.15. The van der Waals surface area contributed by atoms with Crippen LogP contribution in [0.3, 0.4) is 0 Å². The van der Waals surface area contributed by atoms with Gasteiger partial charge in [-0.05, 0) is 38.5 Å². The van der Waals surface area contributed by atoms with E-state index in [1.165, 1.54) is 6.92 Å². The van der Waals surface area contributed by atoms with E-state index in [0.29, 0.717) is 18.1 Å². The fourth-order valence-corrected chi connectivity index (χ4v) is 2.18. The maximum atomic E-state index is 12.6. The highest BCUT2D eigenvalue weighted by atomic mass is 35.5. The molecule has 2 nitrogen and oxygen atoms in total. The van der Waals surface area contributed by atoms with Crippen molar-refractivity contribution < 1.29 is 4.39 Å². The topological polar surface area (TPSA) is 17.8 Å². The SMILES string of the molecule is C/C(F)=C\C/C=C(\C)Cn1nc(Cl)c2ccccc21.CC. The molecule has 0 atom stereocenters. The maximum Gasteiger partial charge on any atom is 0.158 e. The van der Waals surface area contributed by atoms with Gasteiger partial charge < -0.3 is 0 Å². The van der Waals surface area contributed by atoms with Crippen LogP contribution in [0.1, 0.15) is 34.1 Å². The number of para-hydroxylation sites is 1. The molecule has 1 aromatic heterocycles. The smallest absolute Gasteiger partial charge is 0.158 e. The summed E-state index contributed by atoms with van der Waals surface area (Å²) >= 11 is 6.10. The zero-order valence-corrected chi connectivity index (χ0v) is 13.8. The van der Waals surface area contributed by atoms with E-state index in [-0.39, 0.29) is 5.83 Å². The predicted octanol–water partition coefficient (Wildman–Crippen LogP) is 5.93. The minimum absolute atomic E-state index is 0.156. The molecule has 0 fully saturated rings. The number of nitrogens with zero attached hydrogens (tertiary/aromatic N) is 2. The minimum atomic E-state index is -0.156. The van der Waals surface area contributed by atoms with Gasteiger partial charge in [-0.25, -0.2) is 4.39 Å². The Morgan fingerprint density at radius 2 is 1.90 bits per heavy atom. The van der Waals surface area contributed by atoms with Crippen molar-refractivity contribution in [3.63, 3.8) is 0 Å². The summed E-state index contributed by atoms with van der Waals surface area (Å²) in [6, 6.07) is 7.85. The summed E-state index contributed by atoms with van der Waals surface area (Å²) in [4.78, 5) is 0. The van der Waals surface area contributed by atoms with Crippen molar-refractivity contribution in [3.05, 3.63) is 53.0 Å². The van der Waals surface area contributed by atoms with E-state index in [0.717, 1.165) is 16.5 Å². The van der Waals surface area contributed by atoms with Gasteiger partial charge in [-0.2, -0.15) is 5.10 Å². The molecular formula is C17H22ClFN2. The lowest BCUT2D eigenvalue weighted by Crippen LogP contribution is -2.00. The largest absolute Gasteiger partial charge is 0.259 e. The third-order valence-electron chi connectivity index (χ3n) is 2.88. The van der Waals surface area contributed by atoms with Crippen molar-refractivity contribution in [2.45, 2.75) is 40.7 Å². The van der Waals surface area contributed by atoms with E-state index in [9.17, 15) is 4.39 Å². The molecule has 0 N–H and O–H groups in total. The number of benzene rings is 1. The maximum absolute atomic E-state index is 12.6. The van der Waals surface area contributed by atoms with Gasteiger partial charge in [-0.1, -0.05) is 49.2 Å². The van der Waals surface area contributed by atoms with Crippen molar-refractivity contribution in [3.8, 4) is 0 Å². The number of hydrogen-bond acceptors (Lipinski definition) is 1. The monoisotopic (exact) mass is 308 g/mol. The average molecular weight is 309 g/mol. The van der Waals surface area contributed by atoms with Crippen LogP contribution in [0.2, 0.25) is 5.15 Å². The van der Waals surface area contributed by atoms with Gasteiger partial charge in [-0.15, -0.1) is 0 Å². The fourth-order valence-electron chi connectivity index (χ4n) is 1.93. The number of aromatic nitrogens is 2. The van der Waals surface area contributed by atoms with E-state index in [1.807, 2.05) is 55.8 Å². The van der Waals surface area contributed by atoms with E-state index >= 15 is 0 Å². The lowest BCUT2D eigenvalue weighted by molar-refractivity contribution is 0.636. The molecule has 114 valence electrons. The molecule has 0 bridgehead atoms. The van der Waals surface area contributed by atoms with Gasteiger partial charge in [0.15, 0.2) is 5.15 Å². The fraction of sp³-hybridized carbons (Fsp3) is 0.353. The van der Waals surface area contributed by atoms with Crippen LogP contribution in [-0.2, 0) is 6.54 Å². The molecule has 1 heterocycles. The Balaban J connectivity index is 0.00000106. The zero-order chi connectivity index (χ0) is 15.8. The van der Waals surface area contributed by atoms with Gasteiger partial charge in [0.05, 0.1) is 17.9 Å². The molecule has 1 aromatic carbocycles. The molecule has 21 heavy (non-hydrogen) atoms. The summed E-state index contributed by atoms with van der Waals surface area (Å²) < 4.78 is 14.5. The summed E-state index contributed by atoms with van der Waals surface area (Å²) in [5.74, 6) is -0.156. The molecule has 0 saturated carbocycles. The number of halogens is 2. The van der Waals surface area contributed by atoms with Crippen LogP contribution < -0.4 is 0 Å². The van der Waals surface area contributed by atoms with Crippen molar-refractivity contribution in [1.29, 1.82) is 0 Å². The molecule has 0 aliphatic carbocycles. The number of fused-ring (bicyclic) bond motifs is 1. The molecule has 0 spiro atoms. The third-order valence-corrected chi connectivity index (χ3v) is 3.16. The minimum Gasteiger partial charge on any atom is -0.259 e. The average Bonchev–Trinajstić information content (AvgIpc) is 2.78. The van der Waals surface area contributed by atoms with E-state index in [1.54, 1.807) is 6.08 Å². The van der Waals surface area contributed by atoms with Crippen molar-refractivity contribution in [1.82, 2.24) is 9.78 Å². The van der Waals surface area contributed by atoms with Crippen LogP contribution in [0.5, 0.6) is 0 Å². The second kappa shape index (κ2) is 8.63. The van der Waals surface area contributed by atoms with Crippen LogP contribution >= 0.6 is 11.6 Å². The van der Waals surface area contributed by atoms with Crippen molar-refractivity contribution in [2.75, 3.05) is 0 Å². The van der Waals surface area contributed by atoms with Crippen molar-refractivity contribution >= 4 is 22.5 Å². The Labute approximate surface area is 130 Å². The predicted molar refractivity (Wildman–Crippen MR) is 89.3 cm³/mol. The lowest BCUT2D eigenvalue weighted by Gasteiger charge is -2.03. The number of allylic oxidation sites excluding steroid dienone is 4. The number of rotatable bonds is 4. The second-order valence-corrected chi connectivity index (χ2v) is 4.90. The second-order valence-electron chi connectivity index (χ2n) is 4.54. The van der Waals surface area contributed by atoms with E-state index in [2.05, 4.69) is 5.10 Å². The summed E-state index contributed by atoms with van der Waals surface area (Å²) in [6.45, 7) is 8.11. The van der Waals surface area contributed by atoms with Gasteiger partial charge in [0, 0.05) is 5.39 Å². The number of hydrogen-bond donors (Lipinski definition) is 0. The molecule has 0 aliphatic heterocycles. The van der Waals surface area contributed by atoms with Gasteiger partial charge in [0.2, 0.25) is 0 Å². The Bertz CT molecular complexity index is 637. The first-order chi connectivity index (χ1) is 10.1. The summed E-state index contributed by atoms with van der Waals surface area (Å²) in [7, 11) is 0. The first kappa shape index (κ1) is 17.4. The van der Waals surface area contributed by atoms with Crippen molar-refractivity contribution in [2.24, 2.45) is 0 Å². The normalized spacial score (nSPS) is 12.3. The molecular weight excluding hydrogens is 287 g/mol. The third kappa shape index (κ3) is 5.01. The first-order valence-electron chi connectivity index (χ1n) is 7.17. The molecule has 0 radical (unpaired) electrons. The van der Waals surface area contributed by atoms with Gasteiger partial charge in [-0.3, -0.25) is 4.68 Å². The van der Waals surface area contributed by atoms with Crippen LogP contribution in [0, 0.1) is 0 Å². The van der Waals surface area contributed by atoms with Gasteiger partial charge in [0.25, 0.3) is 0 Å². The van der Waals surface area contributed by atoms with E-state index < -0.39 is 0 Å². The van der Waals surface area contributed by atoms with Gasteiger partial charge >= 0.3 is 0 Å². The van der Waals surface area contributed by atoms with Crippen LogP contribution in [0.25, 0.3) is 10.9 Å². The molecule has 2 aromatic rings. The standard InChI is InChI=1S/C15H16ClFN2.C2H6/c1-11(6-5-7-12(2)17)10-19-14-9-4-3-8-13(14)15(16)18-19;1-2/h3-4,6-9H,5,10H2,1-2H3;1-2H3/b11-6+,12-7+;. The Hall–Kier alpha value is -1.61. The molecule has 0 aliphatic rings. The Morgan fingerprint density at radius 1 is 1.24 bits per heavy atom. The van der Waals surface area contributed by atoms with Crippen LogP contribution in [-0.4, -0.2) is 9.78 Å². The molecule has 2 rings (SSSR count). The summed E-state index contributed by atoms with van der Waals surface area (Å²) in [5, 5.41) is 5.80. The molecule has 0 amide bonds. The van der Waals surface area contributed by atoms with Gasteiger partial charge in [0.1, 0.15) is 0 Å². The molecule has 4 heteroatoms. The quantitative estimate of drug-likeness (QED) is 0.640. The molecule has 0 saturated heterocycles. The Kier molecular flexibility index (Phi) is 7.17. The Morgan fingerprint density at radius 3 is 2.57 bits per heavy atom.